The van der Waals surface area contributed by atoms with Gasteiger partial charge in [-0.05, 0) is 25.2 Å². The van der Waals surface area contributed by atoms with Crippen LogP contribution in [0, 0.1) is 11.8 Å². The van der Waals surface area contributed by atoms with Crippen LogP contribution < -0.4 is 0 Å². The Morgan fingerprint density at radius 1 is 1.11 bits per heavy atom. The summed E-state index contributed by atoms with van der Waals surface area (Å²) in [5.41, 5.74) is 0. The molecule has 19 heavy (non-hydrogen) atoms. The Morgan fingerprint density at radius 3 is 2.47 bits per heavy atom. The van der Waals surface area contributed by atoms with Gasteiger partial charge in [0.2, 0.25) is 5.91 Å². The maximum atomic E-state index is 12.0. The van der Waals surface area contributed by atoms with E-state index in [2.05, 4.69) is 0 Å². The second kappa shape index (κ2) is 6.92. The van der Waals surface area contributed by atoms with E-state index in [4.69, 9.17) is 5.11 Å². The summed E-state index contributed by atoms with van der Waals surface area (Å²) in [4.78, 5) is 24.6. The van der Waals surface area contributed by atoms with Gasteiger partial charge in [-0.2, -0.15) is 0 Å². The number of carbonyl (C=O) groups is 2. The Hall–Kier alpha value is -1.06. The predicted molar refractivity (Wildman–Crippen MR) is 72.7 cm³/mol. The van der Waals surface area contributed by atoms with Crippen molar-refractivity contribution in [3.63, 3.8) is 0 Å². The molecule has 1 saturated heterocycles. The summed E-state index contributed by atoms with van der Waals surface area (Å²) in [7, 11) is 0. The molecule has 1 aliphatic heterocycles. The predicted octanol–water partition coefficient (Wildman–Crippen LogP) is 2.67. The van der Waals surface area contributed by atoms with Gasteiger partial charge in [0.25, 0.3) is 0 Å². The Balaban J connectivity index is 1.63. The summed E-state index contributed by atoms with van der Waals surface area (Å²) in [5.74, 6) is -0.133. The highest BCUT2D eigenvalue weighted by Crippen LogP contribution is 2.28. The van der Waals surface area contributed by atoms with Gasteiger partial charge in [0, 0.05) is 19.5 Å². The van der Waals surface area contributed by atoms with Crippen molar-refractivity contribution >= 4 is 11.9 Å². The van der Waals surface area contributed by atoms with Crippen molar-refractivity contribution in [2.75, 3.05) is 13.1 Å². The van der Waals surface area contributed by atoms with Gasteiger partial charge in [-0.15, -0.1) is 0 Å². The molecule has 0 aromatic rings. The first kappa shape index (κ1) is 14.4. The van der Waals surface area contributed by atoms with Crippen LogP contribution in [0.5, 0.6) is 0 Å². The highest BCUT2D eigenvalue weighted by Gasteiger charge is 2.30. The molecule has 4 heteroatoms. The minimum Gasteiger partial charge on any atom is -0.481 e. The van der Waals surface area contributed by atoms with Crippen molar-refractivity contribution in [2.24, 2.45) is 11.8 Å². The molecule has 0 aromatic carbocycles. The molecule has 4 nitrogen and oxygen atoms in total. The largest absolute Gasteiger partial charge is 0.481 e. The summed E-state index contributed by atoms with van der Waals surface area (Å²) < 4.78 is 0. The van der Waals surface area contributed by atoms with E-state index in [1.165, 1.54) is 38.5 Å². The van der Waals surface area contributed by atoms with E-state index in [1.54, 1.807) is 4.90 Å². The quantitative estimate of drug-likeness (QED) is 0.833. The van der Waals surface area contributed by atoms with Crippen LogP contribution in [-0.2, 0) is 9.59 Å². The van der Waals surface area contributed by atoms with Crippen LogP contribution in [0.2, 0.25) is 0 Å². The average Bonchev–Trinajstić information content (AvgIpc) is 2.89. The number of rotatable bonds is 5. The topological polar surface area (TPSA) is 57.6 Å². The van der Waals surface area contributed by atoms with E-state index in [-0.39, 0.29) is 11.8 Å². The van der Waals surface area contributed by atoms with Crippen LogP contribution in [0.15, 0.2) is 0 Å². The number of likely N-dealkylation sites (tertiary alicyclic amines) is 1. The zero-order chi connectivity index (χ0) is 13.7. The summed E-state index contributed by atoms with van der Waals surface area (Å²) in [6, 6.07) is 0. The lowest BCUT2D eigenvalue weighted by Gasteiger charge is -2.22. The Kier molecular flexibility index (Phi) is 5.23. The van der Waals surface area contributed by atoms with Crippen molar-refractivity contribution in [3.05, 3.63) is 0 Å². The van der Waals surface area contributed by atoms with Gasteiger partial charge in [-0.1, -0.05) is 32.1 Å². The third-order valence-corrected chi connectivity index (χ3v) is 4.62. The second-order valence-corrected chi connectivity index (χ2v) is 6.06. The fraction of sp³-hybridized carbons (Fsp3) is 0.867. The van der Waals surface area contributed by atoms with E-state index in [0.717, 1.165) is 12.3 Å². The molecule has 108 valence electrons. The maximum absolute atomic E-state index is 12.0. The lowest BCUT2D eigenvalue weighted by atomic mass is 9.86. The molecule has 0 radical (unpaired) electrons. The Morgan fingerprint density at radius 2 is 1.84 bits per heavy atom. The minimum absolute atomic E-state index is 0.152. The van der Waals surface area contributed by atoms with Gasteiger partial charge in [0.1, 0.15) is 0 Å². The van der Waals surface area contributed by atoms with Crippen molar-refractivity contribution in [3.8, 4) is 0 Å². The van der Waals surface area contributed by atoms with Gasteiger partial charge >= 0.3 is 5.97 Å². The number of amides is 1. The summed E-state index contributed by atoms with van der Waals surface area (Å²) >= 11 is 0. The molecule has 1 unspecified atom stereocenters. The third kappa shape index (κ3) is 4.22. The number of aliphatic carboxylic acids is 1. The van der Waals surface area contributed by atoms with Crippen LogP contribution in [0.1, 0.15) is 57.8 Å². The monoisotopic (exact) mass is 267 g/mol. The van der Waals surface area contributed by atoms with Gasteiger partial charge in [0.15, 0.2) is 0 Å². The summed E-state index contributed by atoms with van der Waals surface area (Å²) in [6.07, 6.45) is 10.1. The SMILES string of the molecule is O=C(O)C1CCN(C(=O)CCCC2CCCCC2)C1. The van der Waals surface area contributed by atoms with Crippen LogP contribution in [0.4, 0.5) is 0 Å². The lowest BCUT2D eigenvalue weighted by molar-refractivity contribution is -0.141. The molecule has 1 N–H and O–H groups in total. The average molecular weight is 267 g/mol. The van der Waals surface area contributed by atoms with E-state index < -0.39 is 5.97 Å². The molecule has 2 rings (SSSR count). The normalized spacial score (nSPS) is 24.6. The van der Waals surface area contributed by atoms with Gasteiger partial charge in [-0.25, -0.2) is 0 Å². The molecule has 2 aliphatic rings. The lowest BCUT2D eigenvalue weighted by Crippen LogP contribution is -2.29. The first-order valence-corrected chi connectivity index (χ1v) is 7.67. The molecule has 1 amide bonds. The first-order valence-electron chi connectivity index (χ1n) is 7.67. The van der Waals surface area contributed by atoms with Crippen molar-refractivity contribution in [2.45, 2.75) is 57.8 Å². The van der Waals surface area contributed by atoms with Crippen molar-refractivity contribution < 1.29 is 14.7 Å². The van der Waals surface area contributed by atoms with E-state index >= 15 is 0 Å². The van der Waals surface area contributed by atoms with E-state index in [0.29, 0.717) is 25.9 Å². The van der Waals surface area contributed by atoms with Crippen LogP contribution >= 0.6 is 0 Å². The molecular formula is C15H25NO3. The molecule has 1 atom stereocenters. The number of hydrogen-bond acceptors (Lipinski definition) is 2. The molecule has 0 aromatic heterocycles. The summed E-state index contributed by atoms with van der Waals surface area (Å²) in [5, 5.41) is 8.92. The van der Waals surface area contributed by atoms with E-state index in [9.17, 15) is 9.59 Å². The zero-order valence-corrected chi connectivity index (χ0v) is 11.6. The number of nitrogens with zero attached hydrogens (tertiary/aromatic N) is 1. The van der Waals surface area contributed by atoms with Gasteiger partial charge in [0.05, 0.1) is 5.92 Å². The molecule has 1 heterocycles. The summed E-state index contributed by atoms with van der Waals surface area (Å²) in [6.45, 7) is 1.04. The van der Waals surface area contributed by atoms with E-state index in [1.807, 2.05) is 0 Å². The molecule has 0 bridgehead atoms. The maximum Gasteiger partial charge on any atom is 0.308 e. The van der Waals surface area contributed by atoms with Crippen molar-refractivity contribution in [1.82, 2.24) is 4.90 Å². The highest BCUT2D eigenvalue weighted by molar-refractivity contribution is 5.78. The molecule has 1 aliphatic carbocycles. The molecular weight excluding hydrogens is 242 g/mol. The van der Waals surface area contributed by atoms with Gasteiger partial charge < -0.3 is 10.0 Å². The molecule has 2 fully saturated rings. The van der Waals surface area contributed by atoms with Crippen LogP contribution in [0.3, 0.4) is 0 Å². The molecule has 1 saturated carbocycles. The Labute approximate surface area is 115 Å². The fourth-order valence-corrected chi connectivity index (χ4v) is 3.36. The van der Waals surface area contributed by atoms with Crippen molar-refractivity contribution in [1.29, 1.82) is 0 Å². The first-order chi connectivity index (χ1) is 9.16. The zero-order valence-electron chi connectivity index (χ0n) is 11.6. The smallest absolute Gasteiger partial charge is 0.308 e. The number of carboxylic acids is 1. The van der Waals surface area contributed by atoms with Crippen LogP contribution in [0.25, 0.3) is 0 Å². The third-order valence-electron chi connectivity index (χ3n) is 4.62. The number of carboxylic acid groups (broad SMARTS) is 1. The standard InChI is InChI=1S/C15H25NO3/c17-14(16-10-9-13(11-16)15(18)19)8-4-7-12-5-2-1-3-6-12/h12-13H,1-11H2,(H,18,19). The fourth-order valence-electron chi connectivity index (χ4n) is 3.36. The van der Waals surface area contributed by atoms with Crippen LogP contribution in [-0.4, -0.2) is 35.0 Å². The number of hydrogen-bond donors (Lipinski definition) is 1. The Bertz CT molecular complexity index is 323. The highest BCUT2D eigenvalue weighted by atomic mass is 16.4. The van der Waals surface area contributed by atoms with Gasteiger partial charge in [-0.3, -0.25) is 9.59 Å². The number of carbonyl (C=O) groups excluding carboxylic acids is 1. The molecule has 0 spiro atoms. The second-order valence-electron chi connectivity index (χ2n) is 6.06. The minimum atomic E-state index is -0.766.